The summed E-state index contributed by atoms with van der Waals surface area (Å²) in [5, 5.41) is 27.0. The van der Waals surface area contributed by atoms with Crippen molar-refractivity contribution in [2.45, 2.75) is 48.3 Å². The molecule has 38 heavy (non-hydrogen) atoms. The first-order valence-corrected chi connectivity index (χ1v) is 14.6. The number of aromatic nitrogens is 1. The molecule has 12 nitrogen and oxygen atoms in total. The second kappa shape index (κ2) is 12.6. The summed E-state index contributed by atoms with van der Waals surface area (Å²) < 4.78 is 22.8. The van der Waals surface area contributed by atoms with Gasteiger partial charge in [-0.2, -0.15) is 4.55 Å². The van der Waals surface area contributed by atoms with Gasteiger partial charge in [-0.05, 0) is 61.1 Å². The average molecular weight is 566 g/mol. The Morgan fingerprint density at radius 2 is 1.97 bits per heavy atom. The normalized spacial score (nSPS) is 19.8. The second-order valence-electron chi connectivity index (χ2n) is 8.81. The number of aliphatic hydroxyl groups is 2. The van der Waals surface area contributed by atoms with E-state index < -0.39 is 46.3 Å². The van der Waals surface area contributed by atoms with Crippen LogP contribution in [0.3, 0.4) is 0 Å². The number of rotatable bonds is 10. The van der Waals surface area contributed by atoms with Gasteiger partial charge in [-0.1, -0.05) is 16.3 Å². The molecule has 0 bridgehead atoms. The van der Waals surface area contributed by atoms with Crippen molar-refractivity contribution in [1.82, 2.24) is 15.2 Å². The summed E-state index contributed by atoms with van der Waals surface area (Å²) in [6, 6.07) is 5.80. The lowest BCUT2D eigenvalue weighted by Crippen LogP contribution is -2.51. The molecule has 14 heteroatoms. The van der Waals surface area contributed by atoms with Crippen molar-refractivity contribution in [3.05, 3.63) is 47.8 Å². The van der Waals surface area contributed by atoms with Crippen LogP contribution in [0.5, 0.6) is 0 Å². The molecule has 1 unspecified atom stereocenters. The number of hydrogen-bond donors (Lipinski definition) is 6. The fourth-order valence-corrected chi connectivity index (χ4v) is 6.21. The number of likely N-dealkylation sites (tertiary alicyclic amines) is 1. The first-order valence-electron chi connectivity index (χ1n) is 11.9. The number of amides is 2. The molecule has 0 spiro atoms. The first kappa shape index (κ1) is 29.4. The molecular weight excluding hydrogens is 532 g/mol. The van der Waals surface area contributed by atoms with Crippen LogP contribution in [0.2, 0.25) is 0 Å². The molecule has 2 heterocycles. The van der Waals surface area contributed by atoms with Crippen LogP contribution in [-0.4, -0.2) is 74.7 Å². The Labute approximate surface area is 225 Å². The SMILES string of the molecule is CNc1nc([C@H]2CCCN2C(=O)[C@H](O)[C@@H](O)C(=O)N[C@H](C)c2ccc(N=C/C=C\N)cc2)c([S+](C)(=O)O)s1. The zero-order chi connectivity index (χ0) is 28.0. The zero-order valence-corrected chi connectivity index (χ0v) is 22.9. The summed E-state index contributed by atoms with van der Waals surface area (Å²) in [6.45, 7) is 1.94. The van der Waals surface area contributed by atoms with Crippen LogP contribution in [0.1, 0.15) is 43.1 Å². The highest BCUT2D eigenvalue weighted by Gasteiger charge is 2.43. The van der Waals surface area contributed by atoms with Crippen molar-refractivity contribution in [2.24, 2.45) is 10.7 Å². The molecule has 5 atom stereocenters. The first-order chi connectivity index (χ1) is 18.0. The number of aliphatic hydroxyl groups excluding tert-OH is 2. The predicted octanol–water partition coefficient (Wildman–Crippen LogP) is 1.58. The maximum atomic E-state index is 13.1. The van der Waals surface area contributed by atoms with Crippen LogP contribution >= 0.6 is 11.3 Å². The van der Waals surface area contributed by atoms with E-state index >= 15 is 0 Å². The van der Waals surface area contributed by atoms with Crippen molar-refractivity contribution < 1.29 is 28.6 Å². The van der Waals surface area contributed by atoms with Gasteiger partial charge >= 0.3 is 0 Å². The van der Waals surface area contributed by atoms with Gasteiger partial charge in [-0.25, -0.2) is 4.98 Å². The Hall–Kier alpha value is -3.17. The summed E-state index contributed by atoms with van der Waals surface area (Å²) in [7, 11) is -1.74. The fourth-order valence-electron chi connectivity index (χ4n) is 4.08. The molecule has 1 aromatic carbocycles. The summed E-state index contributed by atoms with van der Waals surface area (Å²) in [4.78, 5) is 35.7. The van der Waals surface area contributed by atoms with Gasteiger partial charge in [0.25, 0.3) is 26.2 Å². The molecule has 206 valence electrons. The fraction of sp³-hybridized carbons (Fsp3) is 0.417. The number of carbonyl (C=O) groups is 2. The maximum Gasteiger partial charge on any atom is 0.270 e. The number of allylic oxidation sites excluding steroid dienone is 1. The predicted molar refractivity (Wildman–Crippen MR) is 147 cm³/mol. The van der Waals surface area contributed by atoms with Gasteiger partial charge in [0.1, 0.15) is 11.9 Å². The minimum absolute atomic E-state index is 0.140. The van der Waals surface area contributed by atoms with Crippen molar-refractivity contribution in [3.63, 3.8) is 0 Å². The van der Waals surface area contributed by atoms with Crippen molar-refractivity contribution in [3.8, 4) is 0 Å². The van der Waals surface area contributed by atoms with Gasteiger partial charge in [-0.3, -0.25) is 14.6 Å². The summed E-state index contributed by atoms with van der Waals surface area (Å²) in [5.74, 6) is -1.77. The highest BCUT2D eigenvalue weighted by molar-refractivity contribution is 7.99. The van der Waals surface area contributed by atoms with E-state index in [1.54, 1.807) is 50.5 Å². The van der Waals surface area contributed by atoms with E-state index in [0.29, 0.717) is 23.7 Å². The topological polar surface area (TPSA) is 190 Å². The molecule has 0 aliphatic carbocycles. The Morgan fingerprint density at radius 3 is 2.58 bits per heavy atom. The van der Waals surface area contributed by atoms with Crippen LogP contribution in [0, 0.1) is 0 Å². The van der Waals surface area contributed by atoms with Crippen molar-refractivity contribution in [1.29, 1.82) is 0 Å². The number of anilines is 1. The highest BCUT2D eigenvalue weighted by atomic mass is 32.3. The average Bonchev–Trinajstić information content (AvgIpc) is 3.55. The van der Waals surface area contributed by atoms with Crippen LogP contribution in [0.25, 0.3) is 0 Å². The number of carbonyl (C=O) groups excluding carboxylic acids is 2. The van der Waals surface area contributed by atoms with Crippen LogP contribution < -0.4 is 16.4 Å². The number of nitrogens with one attached hydrogen (secondary N) is 2. The van der Waals surface area contributed by atoms with Crippen molar-refractivity contribution in [2.75, 3.05) is 25.2 Å². The molecule has 2 amide bonds. The number of benzene rings is 1. The van der Waals surface area contributed by atoms with E-state index in [1.807, 2.05) is 0 Å². The highest BCUT2D eigenvalue weighted by Crippen LogP contribution is 2.40. The molecule has 1 saturated heterocycles. The van der Waals surface area contributed by atoms with Gasteiger partial charge in [-0.15, -0.1) is 0 Å². The number of thiazole rings is 1. The third-order valence-electron chi connectivity index (χ3n) is 6.02. The molecular formula is C24H33N6O6S2+. The van der Waals surface area contributed by atoms with Crippen LogP contribution in [0.15, 0.2) is 45.7 Å². The molecule has 0 saturated carbocycles. The smallest absolute Gasteiger partial charge is 0.270 e. The zero-order valence-electron chi connectivity index (χ0n) is 21.3. The maximum absolute atomic E-state index is 13.1. The lowest BCUT2D eigenvalue weighted by atomic mass is 10.1. The van der Waals surface area contributed by atoms with Gasteiger partial charge in [0, 0.05) is 19.8 Å². The third-order valence-corrected chi connectivity index (χ3v) is 8.98. The van der Waals surface area contributed by atoms with E-state index in [9.17, 15) is 28.6 Å². The minimum Gasteiger partial charge on any atom is -0.405 e. The molecule has 1 aliphatic rings. The van der Waals surface area contributed by atoms with E-state index in [0.717, 1.165) is 16.9 Å². The number of nitrogens with two attached hydrogens (primary N) is 1. The lowest BCUT2D eigenvalue weighted by molar-refractivity contribution is -0.154. The molecule has 7 N–H and O–H groups in total. The number of nitrogens with zero attached hydrogens (tertiary/aromatic N) is 3. The van der Waals surface area contributed by atoms with Crippen LogP contribution in [-0.2, 0) is 24.0 Å². The van der Waals surface area contributed by atoms with Gasteiger partial charge in [0.15, 0.2) is 17.3 Å². The Kier molecular flexibility index (Phi) is 9.73. The second-order valence-corrected chi connectivity index (χ2v) is 12.1. The Balaban J connectivity index is 1.69. The van der Waals surface area contributed by atoms with E-state index in [4.69, 9.17) is 5.73 Å². The molecule has 1 aromatic heterocycles. The van der Waals surface area contributed by atoms with Gasteiger partial charge < -0.3 is 31.5 Å². The summed E-state index contributed by atoms with van der Waals surface area (Å²) in [6.07, 6.45) is 2.63. The number of aliphatic imine (C=N–C) groups is 1. The molecule has 3 rings (SSSR count). The van der Waals surface area contributed by atoms with Crippen LogP contribution in [0.4, 0.5) is 10.8 Å². The summed E-state index contributed by atoms with van der Waals surface area (Å²) in [5.41, 5.74) is 6.94. The van der Waals surface area contributed by atoms with E-state index in [1.165, 1.54) is 17.4 Å². The lowest BCUT2D eigenvalue weighted by Gasteiger charge is -2.28. The quantitative estimate of drug-likeness (QED) is 0.183. The van der Waals surface area contributed by atoms with E-state index in [2.05, 4.69) is 20.6 Å². The molecule has 1 fully saturated rings. The standard InChI is InChI=1S/C24H32N6O6S2/c1-14(15-7-9-16(10-8-15)27-12-5-11-25)28-21(33)19(31)20(32)22(34)30-13-4-6-17(30)18-23(38(3,35)36)37-24(26-2)29-18/h5,7-12,14,17,19-20,31-32H,4,6,13H2,1-3H3,(H4-,25,26,27,28,29,33,35,36)/p+1/t14-,17-,19-,20-/m1/s1. The summed E-state index contributed by atoms with van der Waals surface area (Å²) >= 11 is 1.02. The molecule has 1 aliphatic heterocycles. The Morgan fingerprint density at radius 1 is 1.29 bits per heavy atom. The largest absolute Gasteiger partial charge is 0.405 e. The molecule has 0 radical (unpaired) electrons. The van der Waals surface area contributed by atoms with E-state index in [-0.39, 0.29) is 16.4 Å². The minimum atomic E-state index is -3.37. The van der Waals surface area contributed by atoms with Gasteiger partial charge in [0.05, 0.1) is 17.8 Å². The molecule has 2 aromatic rings. The monoisotopic (exact) mass is 565 g/mol. The third kappa shape index (κ3) is 6.82. The van der Waals surface area contributed by atoms with Crippen molar-refractivity contribution >= 4 is 50.4 Å². The Bertz CT molecular complexity index is 1240. The van der Waals surface area contributed by atoms with Gasteiger partial charge in [0.2, 0.25) is 0 Å². The number of hydrogen-bond acceptors (Lipinski definition) is 10.